The van der Waals surface area contributed by atoms with Crippen molar-refractivity contribution in [1.82, 2.24) is 10.6 Å². The summed E-state index contributed by atoms with van der Waals surface area (Å²) in [5, 5.41) is 17.5. The Morgan fingerprint density at radius 1 is 1.15 bits per heavy atom. The topological polar surface area (TPSA) is 79.6 Å². The Bertz CT molecular complexity index is 746. The molecule has 0 aliphatic heterocycles. The van der Waals surface area contributed by atoms with E-state index in [2.05, 4.69) is 27.8 Å². The average molecular weight is 370 g/mol. The summed E-state index contributed by atoms with van der Waals surface area (Å²) in [5.74, 6) is 1.76. The zero-order chi connectivity index (χ0) is 18.2. The molecule has 0 radical (unpaired) electrons. The molecule has 136 valence electrons. The first-order chi connectivity index (χ1) is 12.7. The lowest BCUT2D eigenvalue weighted by atomic mass is 10.2. The number of guanidine groups is 1. The third kappa shape index (κ3) is 6.07. The lowest BCUT2D eigenvalue weighted by Gasteiger charge is -2.12. The number of nitro groups is 1. The van der Waals surface area contributed by atoms with Gasteiger partial charge in [-0.1, -0.05) is 30.3 Å². The molecule has 2 aromatic carbocycles. The van der Waals surface area contributed by atoms with Crippen LogP contribution in [0.25, 0.3) is 0 Å². The molecule has 1 saturated carbocycles. The molecule has 0 atom stereocenters. The highest BCUT2D eigenvalue weighted by Gasteiger charge is 2.22. The van der Waals surface area contributed by atoms with Gasteiger partial charge >= 0.3 is 0 Å². The van der Waals surface area contributed by atoms with Crippen LogP contribution >= 0.6 is 11.8 Å². The lowest BCUT2D eigenvalue weighted by molar-refractivity contribution is -0.384. The molecule has 6 nitrogen and oxygen atoms in total. The summed E-state index contributed by atoms with van der Waals surface area (Å²) in [6.45, 7) is 1.31. The average Bonchev–Trinajstić information content (AvgIpc) is 3.48. The predicted octanol–water partition coefficient (Wildman–Crippen LogP) is 3.58. The number of aliphatic imine (C=N–C) groups is 1. The van der Waals surface area contributed by atoms with Gasteiger partial charge in [-0.15, -0.1) is 11.8 Å². The van der Waals surface area contributed by atoms with Gasteiger partial charge in [0, 0.05) is 35.4 Å². The van der Waals surface area contributed by atoms with Crippen LogP contribution in [0.4, 0.5) is 5.69 Å². The Labute approximate surface area is 157 Å². The number of rotatable bonds is 8. The van der Waals surface area contributed by atoms with Crippen LogP contribution in [-0.2, 0) is 6.54 Å². The number of thioether (sulfide) groups is 1. The fourth-order valence-corrected chi connectivity index (χ4v) is 3.11. The first kappa shape index (κ1) is 18.3. The third-order valence-corrected chi connectivity index (χ3v) is 4.91. The molecule has 1 aliphatic rings. The van der Waals surface area contributed by atoms with E-state index in [-0.39, 0.29) is 10.6 Å². The van der Waals surface area contributed by atoms with E-state index in [4.69, 9.17) is 0 Å². The van der Waals surface area contributed by atoms with Crippen LogP contribution in [0, 0.1) is 10.1 Å². The van der Waals surface area contributed by atoms with Crippen molar-refractivity contribution in [2.45, 2.75) is 30.3 Å². The van der Waals surface area contributed by atoms with Crippen molar-refractivity contribution in [1.29, 1.82) is 0 Å². The van der Waals surface area contributed by atoms with Gasteiger partial charge in [0.05, 0.1) is 11.5 Å². The van der Waals surface area contributed by atoms with Crippen molar-refractivity contribution in [3.63, 3.8) is 0 Å². The number of benzene rings is 2. The van der Waals surface area contributed by atoms with Crippen molar-refractivity contribution in [3.05, 3.63) is 70.3 Å². The smallest absolute Gasteiger partial charge is 0.269 e. The minimum atomic E-state index is -0.390. The van der Waals surface area contributed by atoms with Gasteiger partial charge in [0.15, 0.2) is 5.96 Å². The minimum Gasteiger partial charge on any atom is -0.356 e. The van der Waals surface area contributed by atoms with E-state index in [0.29, 0.717) is 12.6 Å². The molecule has 2 N–H and O–H groups in total. The first-order valence-corrected chi connectivity index (χ1v) is 9.65. The van der Waals surface area contributed by atoms with Crippen molar-refractivity contribution in [2.24, 2.45) is 4.99 Å². The first-order valence-electron chi connectivity index (χ1n) is 8.67. The van der Waals surface area contributed by atoms with Gasteiger partial charge in [0.2, 0.25) is 0 Å². The maximum Gasteiger partial charge on any atom is 0.269 e. The van der Waals surface area contributed by atoms with Gasteiger partial charge in [-0.25, -0.2) is 4.99 Å². The molecule has 1 fully saturated rings. The van der Waals surface area contributed by atoms with Gasteiger partial charge in [-0.2, -0.15) is 0 Å². The second-order valence-corrected chi connectivity index (χ2v) is 7.26. The molecule has 0 aromatic heterocycles. The largest absolute Gasteiger partial charge is 0.356 e. The Hall–Kier alpha value is -2.54. The SMILES string of the molecule is O=[N+]([O-])c1ccc(CN=C(NCCSc2ccccc2)NC2CC2)cc1. The van der Waals surface area contributed by atoms with Gasteiger partial charge in [-0.3, -0.25) is 10.1 Å². The van der Waals surface area contributed by atoms with Crippen LogP contribution in [0.2, 0.25) is 0 Å². The molecule has 0 saturated heterocycles. The van der Waals surface area contributed by atoms with Crippen LogP contribution in [0.3, 0.4) is 0 Å². The fourth-order valence-electron chi connectivity index (χ4n) is 2.32. The second-order valence-electron chi connectivity index (χ2n) is 6.10. The molecule has 0 spiro atoms. The monoisotopic (exact) mass is 370 g/mol. The Morgan fingerprint density at radius 2 is 1.88 bits per heavy atom. The van der Waals surface area contributed by atoms with Gasteiger partial charge in [-0.05, 0) is 30.5 Å². The van der Waals surface area contributed by atoms with Crippen molar-refractivity contribution < 1.29 is 4.92 Å². The summed E-state index contributed by atoms with van der Waals surface area (Å²) in [6.07, 6.45) is 2.36. The van der Waals surface area contributed by atoms with E-state index in [0.717, 1.165) is 23.8 Å². The van der Waals surface area contributed by atoms with Crippen LogP contribution in [0.1, 0.15) is 18.4 Å². The molecule has 7 heteroatoms. The van der Waals surface area contributed by atoms with Crippen LogP contribution in [-0.4, -0.2) is 29.2 Å². The van der Waals surface area contributed by atoms with Crippen molar-refractivity contribution in [3.8, 4) is 0 Å². The van der Waals surface area contributed by atoms with E-state index in [9.17, 15) is 10.1 Å². The molecular weight excluding hydrogens is 348 g/mol. The highest BCUT2D eigenvalue weighted by molar-refractivity contribution is 7.99. The summed E-state index contributed by atoms with van der Waals surface area (Å²) in [5.41, 5.74) is 1.05. The van der Waals surface area contributed by atoms with E-state index in [1.807, 2.05) is 18.2 Å². The van der Waals surface area contributed by atoms with Crippen LogP contribution in [0.5, 0.6) is 0 Å². The second kappa shape index (κ2) is 9.24. The van der Waals surface area contributed by atoms with Crippen molar-refractivity contribution >= 4 is 23.4 Å². The maximum absolute atomic E-state index is 10.7. The van der Waals surface area contributed by atoms with E-state index in [1.54, 1.807) is 23.9 Å². The van der Waals surface area contributed by atoms with Gasteiger partial charge in [0.25, 0.3) is 5.69 Å². The number of nitro benzene ring substituents is 1. The molecule has 2 aromatic rings. The number of nitrogens with one attached hydrogen (secondary N) is 2. The zero-order valence-corrected chi connectivity index (χ0v) is 15.2. The van der Waals surface area contributed by atoms with E-state index >= 15 is 0 Å². The molecule has 3 rings (SSSR count). The Balaban J connectivity index is 1.49. The van der Waals surface area contributed by atoms with Crippen molar-refractivity contribution in [2.75, 3.05) is 12.3 Å². The van der Waals surface area contributed by atoms with E-state index < -0.39 is 0 Å². The third-order valence-electron chi connectivity index (χ3n) is 3.89. The summed E-state index contributed by atoms with van der Waals surface area (Å²) in [4.78, 5) is 16.2. The summed E-state index contributed by atoms with van der Waals surface area (Å²) in [6, 6.07) is 17.4. The molecule has 26 heavy (non-hydrogen) atoms. The quantitative estimate of drug-likeness (QED) is 0.185. The van der Waals surface area contributed by atoms with Crippen LogP contribution in [0.15, 0.2) is 64.5 Å². The number of hydrogen-bond acceptors (Lipinski definition) is 4. The maximum atomic E-state index is 10.7. The van der Waals surface area contributed by atoms with Gasteiger partial charge < -0.3 is 10.6 Å². The number of nitrogens with zero attached hydrogens (tertiary/aromatic N) is 2. The Kier molecular flexibility index (Phi) is 6.49. The number of non-ortho nitro benzene ring substituents is 1. The summed E-state index contributed by atoms with van der Waals surface area (Å²) in [7, 11) is 0. The molecule has 0 amide bonds. The molecule has 0 bridgehead atoms. The normalized spacial score (nSPS) is 14.1. The molecule has 1 aliphatic carbocycles. The standard InChI is InChI=1S/C19H22N4O2S/c24-23(25)17-10-6-15(7-11-17)14-21-19(22-16-8-9-16)20-12-13-26-18-4-2-1-3-5-18/h1-7,10-11,16H,8-9,12-14H2,(H2,20,21,22). The molecule has 0 unspecified atom stereocenters. The summed E-state index contributed by atoms with van der Waals surface area (Å²) >= 11 is 1.81. The summed E-state index contributed by atoms with van der Waals surface area (Å²) < 4.78 is 0. The lowest BCUT2D eigenvalue weighted by Crippen LogP contribution is -2.39. The zero-order valence-electron chi connectivity index (χ0n) is 14.4. The highest BCUT2D eigenvalue weighted by Crippen LogP contribution is 2.19. The molecular formula is C19H22N4O2S. The predicted molar refractivity (Wildman–Crippen MR) is 106 cm³/mol. The minimum absolute atomic E-state index is 0.102. The van der Waals surface area contributed by atoms with Gasteiger partial charge in [0.1, 0.15) is 0 Å². The molecule has 0 heterocycles. The number of hydrogen-bond donors (Lipinski definition) is 2. The van der Waals surface area contributed by atoms with Crippen LogP contribution < -0.4 is 10.6 Å². The fraction of sp³-hybridized carbons (Fsp3) is 0.316. The van der Waals surface area contributed by atoms with E-state index in [1.165, 1.54) is 29.9 Å². The Morgan fingerprint density at radius 3 is 2.54 bits per heavy atom. The highest BCUT2D eigenvalue weighted by atomic mass is 32.2.